The van der Waals surface area contributed by atoms with Gasteiger partial charge in [-0.1, -0.05) is 62.8 Å². The van der Waals surface area contributed by atoms with E-state index in [1.165, 1.54) is 25.7 Å². The molecule has 0 bridgehead atoms. The summed E-state index contributed by atoms with van der Waals surface area (Å²) in [4.78, 5) is 40.4. The quantitative estimate of drug-likeness (QED) is 0.213. The fraction of sp³-hybridized carbons (Fsp3) is 0.897. The number of fused-ring (bicyclic) bond motifs is 5. The van der Waals surface area contributed by atoms with Gasteiger partial charge in [-0.25, -0.2) is 4.79 Å². The van der Waals surface area contributed by atoms with Crippen LogP contribution in [-0.4, -0.2) is 66.7 Å². The maximum atomic E-state index is 12.4. The highest BCUT2D eigenvalue weighted by molar-refractivity contribution is 5.75. The summed E-state index contributed by atoms with van der Waals surface area (Å²) in [6.07, 6.45) is 9.57. The third kappa shape index (κ3) is 14.1. The van der Waals surface area contributed by atoms with Crippen LogP contribution in [0.25, 0.3) is 0 Å². The normalized spacial score (nSPS) is 31.4. The Kier molecular flexibility index (Phi) is 27.2. The molecule has 4 N–H and O–H groups in total. The van der Waals surface area contributed by atoms with Gasteiger partial charge in [0, 0.05) is 19.0 Å². The Labute approximate surface area is 295 Å². The average molecular weight is 687 g/mol. The lowest BCUT2D eigenvalue weighted by Crippen LogP contribution is -2.58. The predicted molar refractivity (Wildman–Crippen MR) is 199 cm³/mol. The molecule has 0 radical (unpaired) electrons. The molecule has 9 nitrogen and oxygen atoms in total. The van der Waals surface area contributed by atoms with Crippen molar-refractivity contribution < 1.29 is 34.1 Å². The molecule has 2 amide bonds. The van der Waals surface area contributed by atoms with Crippen molar-refractivity contribution in [3.05, 3.63) is 0 Å². The van der Waals surface area contributed by atoms with E-state index in [2.05, 4.69) is 24.5 Å². The van der Waals surface area contributed by atoms with Crippen molar-refractivity contribution in [3.8, 4) is 0 Å². The topological polar surface area (TPSA) is 142 Å². The number of hydrogen-bond donors (Lipinski definition) is 4. The highest BCUT2D eigenvalue weighted by Gasteiger charge is 2.59. The second kappa shape index (κ2) is 25.9. The first-order valence-corrected chi connectivity index (χ1v) is 18.6. The Morgan fingerprint density at radius 1 is 0.917 bits per heavy atom. The smallest absolute Gasteiger partial charge is 0.407 e. The van der Waals surface area contributed by atoms with E-state index in [4.69, 9.17) is 19.4 Å². The van der Waals surface area contributed by atoms with Crippen molar-refractivity contribution in [3.63, 3.8) is 0 Å². The van der Waals surface area contributed by atoms with Crippen molar-refractivity contribution in [2.75, 3.05) is 13.2 Å². The number of alkyl carbamates (subject to hydrolysis) is 1. The van der Waals surface area contributed by atoms with E-state index in [9.17, 15) is 14.7 Å². The van der Waals surface area contributed by atoms with Crippen molar-refractivity contribution in [2.24, 2.45) is 46.8 Å². The Morgan fingerprint density at radius 3 is 2.02 bits per heavy atom. The monoisotopic (exact) mass is 687 g/mol. The van der Waals surface area contributed by atoms with Crippen LogP contribution in [0.5, 0.6) is 0 Å². The standard InChI is InChI=1S/C30H52N2O5.3C2H6.2CH2O.CH4/c1-18(6-11-26(35)31-14-15-33)21-7-8-23-22(21)9-10-24-27(23)25(34)17-19-16-20(12-13-30(19,24)5)32-28(36)37-29(2,3)4;5*1-2;/h18-25,27,33-34H,6-17H2,1-5H3,(H,31,35)(H,32,36);3*1-2H3;2*1H2;1H4/t18-,19?,20-,21?,22?,23-,24+,25?,27?,30?;;;;;;/m1....../s1. The molecule has 0 aromatic carbocycles. The molecule has 4 aliphatic rings. The largest absolute Gasteiger partial charge is 0.444 e. The molecule has 0 aliphatic heterocycles. The van der Waals surface area contributed by atoms with E-state index < -0.39 is 5.60 Å². The number of carbonyl (C=O) groups excluding carboxylic acids is 4. The number of rotatable bonds is 7. The Morgan fingerprint density at radius 2 is 1.48 bits per heavy atom. The highest BCUT2D eigenvalue weighted by Crippen LogP contribution is 2.64. The molecule has 4 saturated carbocycles. The number of amides is 2. The van der Waals surface area contributed by atoms with Crippen molar-refractivity contribution in [1.82, 2.24) is 10.6 Å². The Hall–Kier alpha value is -2.00. The van der Waals surface area contributed by atoms with Crippen LogP contribution < -0.4 is 10.6 Å². The van der Waals surface area contributed by atoms with Gasteiger partial charge in [0.25, 0.3) is 0 Å². The van der Waals surface area contributed by atoms with Crippen LogP contribution in [0.4, 0.5) is 4.79 Å². The minimum Gasteiger partial charge on any atom is -0.444 e. The summed E-state index contributed by atoms with van der Waals surface area (Å²) in [5.74, 6) is 3.83. The molecule has 9 heteroatoms. The van der Waals surface area contributed by atoms with Gasteiger partial charge in [0.05, 0.1) is 12.7 Å². The number of nitrogens with one attached hydrogen (secondary N) is 2. The number of ether oxygens (including phenoxy) is 1. The Bertz CT molecular complexity index is 849. The Balaban J connectivity index is -0.00000169. The van der Waals surface area contributed by atoms with Crippen LogP contribution in [0.15, 0.2) is 0 Å². The fourth-order valence-electron chi connectivity index (χ4n) is 9.11. The van der Waals surface area contributed by atoms with E-state index in [1.54, 1.807) is 0 Å². The molecular formula is C39H78N2O7. The van der Waals surface area contributed by atoms with Gasteiger partial charge in [-0.15, -0.1) is 0 Å². The van der Waals surface area contributed by atoms with Crippen molar-refractivity contribution >= 4 is 25.6 Å². The van der Waals surface area contributed by atoms with Gasteiger partial charge in [0.2, 0.25) is 5.91 Å². The van der Waals surface area contributed by atoms with Crippen LogP contribution in [0.3, 0.4) is 0 Å². The van der Waals surface area contributed by atoms with E-state index in [0.29, 0.717) is 54.4 Å². The second-order valence-corrected chi connectivity index (χ2v) is 14.0. The first-order valence-electron chi connectivity index (χ1n) is 18.6. The summed E-state index contributed by atoms with van der Waals surface area (Å²) >= 11 is 0. The number of aliphatic hydroxyl groups is 2. The molecule has 4 fully saturated rings. The van der Waals surface area contributed by atoms with Gasteiger partial charge in [-0.3, -0.25) is 4.79 Å². The van der Waals surface area contributed by atoms with Crippen LogP contribution in [0.1, 0.15) is 148 Å². The number of aliphatic hydroxyl groups excluding tert-OH is 2. The van der Waals surface area contributed by atoms with Gasteiger partial charge in [-0.05, 0) is 125 Å². The van der Waals surface area contributed by atoms with Crippen LogP contribution in [0.2, 0.25) is 0 Å². The summed E-state index contributed by atoms with van der Waals surface area (Å²) in [7, 11) is 0. The maximum absolute atomic E-state index is 12.4. The minimum atomic E-state index is -0.497. The minimum absolute atomic E-state index is 0. The van der Waals surface area contributed by atoms with Gasteiger partial charge in [0.1, 0.15) is 19.2 Å². The van der Waals surface area contributed by atoms with Gasteiger partial charge >= 0.3 is 6.09 Å². The lowest BCUT2D eigenvalue weighted by Gasteiger charge is -2.60. The van der Waals surface area contributed by atoms with E-state index in [0.717, 1.165) is 32.1 Å². The second-order valence-electron chi connectivity index (χ2n) is 14.0. The SMILES string of the molecule is C.C=O.C=O.CC.CC.CC.C[C@H](CCC(=O)NCCO)C1CC[C@@H]2C1CC[C@H]1C2C(O)CC2C[C@H](NC(=O)OC(C)(C)C)CCC21C. The molecular weight excluding hydrogens is 608 g/mol. The van der Waals surface area contributed by atoms with E-state index >= 15 is 0 Å². The van der Waals surface area contributed by atoms with E-state index in [-0.39, 0.29) is 43.6 Å². The summed E-state index contributed by atoms with van der Waals surface area (Å²) in [6.45, 7) is 26.8. The maximum Gasteiger partial charge on any atom is 0.407 e. The summed E-state index contributed by atoms with van der Waals surface area (Å²) in [5.41, 5.74) is -0.265. The van der Waals surface area contributed by atoms with Crippen LogP contribution in [0, 0.1) is 46.8 Å². The summed E-state index contributed by atoms with van der Waals surface area (Å²) < 4.78 is 5.50. The van der Waals surface area contributed by atoms with Crippen LogP contribution in [-0.2, 0) is 19.1 Å². The molecule has 286 valence electrons. The first kappa shape index (κ1) is 50.4. The lowest BCUT2D eigenvalue weighted by atomic mass is 9.46. The van der Waals surface area contributed by atoms with Crippen molar-refractivity contribution in [1.29, 1.82) is 0 Å². The average Bonchev–Trinajstić information content (AvgIpc) is 3.52. The fourth-order valence-corrected chi connectivity index (χ4v) is 9.11. The zero-order chi connectivity index (χ0) is 37.0. The predicted octanol–water partition coefficient (Wildman–Crippen LogP) is 7.99. The molecule has 6 unspecified atom stereocenters. The van der Waals surface area contributed by atoms with Gasteiger partial charge in [0.15, 0.2) is 0 Å². The van der Waals surface area contributed by atoms with Crippen molar-refractivity contribution in [2.45, 2.75) is 166 Å². The number of carbonyl (C=O) groups is 4. The van der Waals surface area contributed by atoms with Gasteiger partial charge < -0.3 is 35.2 Å². The molecule has 4 aliphatic carbocycles. The van der Waals surface area contributed by atoms with Crippen LogP contribution >= 0.6 is 0 Å². The molecule has 0 saturated heterocycles. The highest BCUT2D eigenvalue weighted by atomic mass is 16.6. The summed E-state index contributed by atoms with van der Waals surface area (Å²) in [5, 5.41) is 26.3. The number of hydrogen-bond acceptors (Lipinski definition) is 7. The first-order chi connectivity index (χ1) is 22.4. The molecule has 0 spiro atoms. The molecule has 4 rings (SSSR count). The lowest BCUT2D eigenvalue weighted by molar-refractivity contribution is -0.149. The van der Waals surface area contributed by atoms with Gasteiger partial charge in [-0.2, -0.15) is 0 Å². The molecule has 10 atom stereocenters. The zero-order valence-electron chi connectivity index (χ0n) is 32.0. The zero-order valence-corrected chi connectivity index (χ0v) is 32.0. The van der Waals surface area contributed by atoms with E-state index in [1.807, 2.05) is 75.9 Å². The molecule has 0 aromatic rings. The molecule has 48 heavy (non-hydrogen) atoms. The third-order valence-electron chi connectivity index (χ3n) is 10.8. The summed E-state index contributed by atoms with van der Waals surface area (Å²) in [6, 6.07) is 0.124. The third-order valence-corrected chi connectivity index (χ3v) is 10.8. The molecule has 0 aromatic heterocycles. The molecule has 0 heterocycles.